The lowest BCUT2D eigenvalue weighted by molar-refractivity contribution is 0.329. The molecule has 0 radical (unpaired) electrons. The summed E-state index contributed by atoms with van der Waals surface area (Å²) < 4.78 is 0. The van der Waals surface area contributed by atoms with E-state index in [0.717, 1.165) is 12.0 Å². The minimum absolute atomic E-state index is 0.770. The summed E-state index contributed by atoms with van der Waals surface area (Å²) in [4.78, 5) is 0. The van der Waals surface area contributed by atoms with E-state index in [1.165, 1.54) is 64.6 Å². The third kappa shape index (κ3) is 5.86. The number of hydrogen-bond acceptors (Lipinski definition) is 2. The van der Waals surface area contributed by atoms with Crippen LogP contribution in [-0.2, 0) is 0 Å². The molecule has 1 rings (SSSR count). The van der Waals surface area contributed by atoms with Crippen molar-refractivity contribution >= 4 is 0 Å². The topological polar surface area (TPSA) is 24.1 Å². The van der Waals surface area contributed by atoms with Crippen molar-refractivity contribution in [2.24, 2.45) is 5.92 Å². The SMILES string of the molecule is CCCCC(CCC)NCC1CCCNC1. The lowest BCUT2D eigenvalue weighted by atomic mass is 9.98. The van der Waals surface area contributed by atoms with E-state index < -0.39 is 0 Å². The third-order valence-electron chi connectivity index (χ3n) is 3.64. The highest BCUT2D eigenvalue weighted by atomic mass is 14.9. The average Bonchev–Trinajstić information content (AvgIpc) is 2.34. The molecule has 0 amide bonds. The van der Waals surface area contributed by atoms with Gasteiger partial charge in [-0.2, -0.15) is 0 Å². The van der Waals surface area contributed by atoms with Gasteiger partial charge in [-0.1, -0.05) is 33.1 Å². The van der Waals surface area contributed by atoms with Crippen LogP contribution in [-0.4, -0.2) is 25.7 Å². The first kappa shape index (κ1) is 14.0. The maximum atomic E-state index is 3.79. The quantitative estimate of drug-likeness (QED) is 0.665. The summed E-state index contributed by atoms with van der Waals surface area (Å²) >= 11 is 0. The number of unbranched alkanes of at least 4 members (excludes halogenated alkanes) is 1. The Morgan fingerprint density at radius 3 is 2.75 bits per heavy atom. The van der Waals surface area contributed by atoms with Crippen LogP contribution in [0.5, 0.6) is 0 Å². The van der Waals surface area contributed by atoms with Gasteiger partial charge in [0.2, 0.25) is 0 Å². The van der Waals surface area contributed by atoms with Gasteiger partial charge in [-0.15, -0.1) is 0 Å². The Bertz CT molecular complexity index is 153. The molecule has 0 aromatic heterocycles. The van der Waals surface area contributed by atoms with Gasteiger partial charge in [0.25, 0.3) is 0 Å². The van der Waals surface area contributed by atoms with Crippen molar-refractivity contribution in [2.75, 3.05) is 19.6 Å². The van der Waals surface area contributed by atoms with Gasteiger partial charge in [0.05, 0.1) is 0 Å². The van der Waals surface area contributed by atoms with Gasteiger partial charge >= 0.3 is 0 Å². The molecule has 2 nitrogen and oxygen atoms in total. The van der Waals surface area contributed by atoms with E-state index in [4.69, 9.17) is 0 Å². The van der Waals surface area contributed by atoms with Gasteiger partial charge in [0, 0.05) is 6.04 Å². The Morgan fingerprint density at radius 2 is 2.12 bits per heavy atom. The van der Waals surface area contributed by atoms with Crippen LogP contribution in [0, 0.1) is 5.92 Å². The van der Waals surface area contributed by atoms with E-state index in [0.29, 0.717) is 0 Å². The molecule has 16 heavy (non-hydrogen) atoms. The number of rotatable bonds is 8. The van der Waals surface area contributed by atoms with Gasteiger partial charge in [0.1, 0.15) is 0 Å². The maximum Gasteiger partial charge on any atom is 0.00670 e. The normalized spacial score (nSPS) is 23.2. The van der Waals surface area contributed by atoms with Crippen LogP contribution in [0.2, 0.25) is 0 Å². The van der Waals surface area contributed by atoms with Crippen molar-refractivity contribution < 1.29 is 0 Å². The van der Waals surface area contributed by atoms with E-state index in [1.54, 1.807) is 0 Å². The second-order valence-corrected chi connectivity index (χ2v) is 5.25. The zero-order chi connectivity index (χ0) is 11.6. The predicted molar refractivity (Wildman–Crippen MR) is 71.8 cm³/mol. The fraction of sp³-hybridized carbons (Fsp3) is 1.00. The zero-order valence-electron chi connectivity index (χ0n) is 11.2. The number of nitrogens with one attached hydrogen (secondary N) is 2. The van der Waals surface area contributed by atoms with Crippen molar-refractivity contribution in [1.82, 2.24) is 10.6 Å². The molecule has 0 aromatic rings. The highest BCUT2D eigenvalue weighted by Crippen LogP contribution is 2.11. The van der Waals surface area contributed by atoms with Crippen LogP contribution in [0.4, 0.5) is 0 Å². The van der Waals surface area contributed by atoms with Gasteiger partial charge in [-0.05, 0) is 51.2 Å². The molecule has 1 aliphatic rings. The van der Waals surface area contributed by atoms with Gasteiger partial charge in [-0.25, -0.2) is 0 Å². The lowest BCUT2D eigenvalue weighted by Crippen LogP contribution is -2.39. The first-order chi connectivity index (χ1) is 7.86. The molecule has 1 saturated heterocycles. The van der Waals surface area contributed by atoms with Crippen molar-refractivity contribution in [3.63, 3.8) is 0 Å². The molecule has 2 unspecified atom stereocenters. The summed E-state index contributed by atoms with van der Waals surface area (Å²) in [6.07, 6.45) is 9.49. The van der Waals surface area contributed by atoms with E-state index in [9.17, 15) is 0 Å². The number of hydrogen-bond donors (Lipinski definition) is 2. The summed E-state index contributed by atoms with van der Waals surface area (Å²) in [6, 6.07) is 0.770. The zero-order valence-corrected chi connectivity index (χ0v) is 11.2. The second kappa shape index (κ2) is 9.00. The summed E-state index contributed by atoms with van der Waals surface area (Å²) in [7, 11) is 0. The van der Waals surface area contributed by atoms with Gasteiger partial charge < -0.3 is 10.6 Å². The Morgan fingerprint density at radius 1 is 1.25 bits per heavy atom. The Kier molecular flexibility index (Phi) is 7.87. The monoisotopic (exact) mass is 226 g/mol. The molecule has 2 atom stereocenters. The minimum Gasteiger partial charge on any atom is -0.316 e. The van der Waals surface area contributed by atoms with Crippen LogP contribution in [0.3, 0.4) is 0 Å². The summed E-state index contributed by atoms with van der Waals surface area (Å²) in [6.45, 7) is 8.25. The van der Waals surface area contributed by atoms with Crippen molar-refractivity contribution in [2.45, 2.75) is 64.8 Å². The molecule has 1 heterocycles. The van der Waals surface area contributed by atoms with Crippen LogP contribution in [0.1, 0.15) is 58.8 Å². The molecular weight excluding hydrogens is 196 g/mol. The summed E-state index contributed by atoms with van der Waals surface area (Å²) in [5.74, 6) is 0.870. The van der Waals surface area contributed by atoms with E-state index >= 15 is 0 Å². The van der Waals surface area contributed by atoms with Crippen LogP contribution < -0.4 is 10.6 Å². The van der Waals surface area contributed by atoms with E-state index in [-0.39, 0.29) is 0 Å². The lowest BCUT2D eigenvalue weighted by Gasteiger charge is -2.26. The first-order valence-corrected chi connectivity index (χ1v) is 7.30. The molecule has 0 aromatic carbocycles. The van der Waals surface area contributed by atoms with Crippen molar-refractivity contribution in [3.8, 4) is 0 Å². The Labute approximate surface area is 102 Å². The Hall–Kier alpha value is -0.0800. The predicted octanol–water partition coefficient (Wildman–Crippen LogP) is 2.93. The minimum atomic E-state index is 0.770. The highest BCUT2D eigenvalue weighted by Gasteiger charge is 2.14. The van der Waals surface area contributed by atoms with Crippen LogP contribution in [0.25, 0.3) is 0 Å². The van der Waals surface area contributed by atoms with Crippen molar-refractivity contribution in [3.05, 3.63) is 0 Å². The molecule has 2 N–H and O–H groups in total. The molecule has 96 valence electrons. The molecule has 0 bridgehead atoms. The first-order valence-electron chi connectivity index (χ1n) is 7.30. The Balaban J connectivity index is 2.14. The van der Waals surface area contributed by atoms with Gasteiger partial charge in [0.15, 0.2) is 0 Å². The van der Waals surface area contributed by atoms with Crippen LogP contribution in [0.15, 0.2) is 0 Å². The molecule has 0 saturated carbocycles. The molecule has 2 heteroatoms. The molecule has 1 aliphatic heterocycles. The molecule has 0 spiro atoms. The largest absolute Gasteiger partial charge is 0.316 e. The molecule has 1 fully saturated rings. The van der Waals surface area contributed by atoms with Crippen LogP contribution >= 0.6 is 0 Å². The molecular formula is C14H30N2. The van der Waals surface area contributed by atoms with Crippen molar-refractivity contribution in [1.29, 1.82) is 0 Å². The van der Waals surface area contributed by atoms with E-state index in [1.807, 2.05) is 0 Å². The maximum absolute atomic E-state index is 3.79. The molecule has 0 aliphatic carbocycles. The highest BCUT2D eigenvalue weighted by molar-refractivity contribution is 4.74. The average molecular weight is 226 g/mol. The smallest absolute Gasteiger partial charge is 0.00670 e. The number of piperidine rings is 1. The standard InChI is InChI=1S/C14H30N2/c1-3-5-9-14(7-4-2)16-12-13-8-6-10-15-11-13/h13-16H,3-12H2,1-2H3. The van der Waals surface area contributed by atoms with Gasteiger partial charge in [-0.3, -0.25) is 0 Å². The fourth-order valence-corrected chi connectivity index (χ4v) is 2.58. The fourth-order valence-electron chi connectivity index (χ4n) is 2.58. The summed E-state index contributed by atoms with van der Waals surface area (Å²) in [5.41, 5.74) is 0. The summed E-state index contributed by atoms with van der Waals surface area (Å²) in [5, 5.41) is 7.28. The third-order valence-corrected chi connectivity index (χ3v) is 3.64. The van der Waals surface area contributed by atoms with E-state index in [2.05, 4.69) is 24.5 Å². The second-order valence-electron chi connectivity index (χ2n) is 5.25.